The summed E-state index contributed by atoms with van der Waals surface area (Å²) in [6.07, 6.45) is 2.85. The molecular weight excluding hydrogens is 178 g/mol. The summed E-state index contributed by atoms with van der Waals surface area (Å²) in [5.74, 6) is 1.12. The van der Waals surface area contributed by atoms with Gasteiger partial charge < -0.3 is 0 Å². The van der Waals surface area contributed by atoms with E-state index in [9.17, 15) is 0 Å². The van der Waals surface area contributed by atoms with E-state index in [1.807, 2.05) is 17.8 Å². The van der Waals surface area contributed by atoms with Crippen LogP contribution in [0, 0.1) is 11.3 Å². The van der Waals surface area contributed by atoms with Gasteiger partial charge in [-0.05, 0) is 30.7 Å². The van der Waals surface area contributed by atoms with Crippen LogP contribution in [0.3, 0.4) is 0 Å². The number of thioether (sulfide) groups is 1. The summed E-state index contributed by atoms with van der Waals surface area (Å²) < 4.78 is 0. The Morgan fingerprint density at radius 2 is 1.92 bits per heavy atom. The maximum Gasteiger partial charge on any atom is 0.0621 e. The van der Waals surface area contributed by atoms with E-state index in [-0.39, 0.29) is 0 Å². The van der Waals surface area contributed by atoms with Crippen LogP contribution in [0.2, 0.25) is 0 Å². The first-order valence-electron chi connectivity index (χ1n) is 4.48. The molecule has 1 aromatic rings. The molecule has 0 atom stereocenters. The topological polar surface area (TPSA) is 23.8 Å². The molecule has 0 aromatic heterocycles. The van der Waals surface area contributed by atoms with Crippen molar-refractivity contribution in [3.63, 3.8) is 0 Å². The summed E-state index contributed by atoms with van der Waals surface area (Å²) in [6.45, 7) is 0. The average molecular weight is 191 g/mol. The third kappa shape index (κ3) is 4.59. The van der Waals surface area contributed by atoms with Crippen LogP contribution >= 0.6 is 11.8 Å². The molecule has 0 saturated heterocycles. The molecule has 0 fully saturated rings. The fourth-order valence-corrected chi connectivity index (χ4v) is 1.95. The Hall–Kier alpha value is -0.940. The van der Waals surface area contributed by atoms with Crippen LogP contribution in [-0.2, 0) is 0 Å². The molecule has 68 valence electrons. The highest BCUT2D eigenvalue weighted by Crippen LogP contribution is 2.18. The van der Waals surface area contributed by atoms with Gasteiger partial charge in [-0.25, -0.2) is 0 Å². The predicted octanol–water partition coefficient (Wildman–Crippen LogP) is 3.47. The smallest absolute Gasteiger partial charge is 0.0621 e. The van der Waals surface area contributed by atoms with Crippen molar-refractivity contribution in [1.82, 2.24) is 0 Å². The van der Waals surface area contributed by atoms with Gasteiger partial charge in [0.05, 0.1) is 6.07 Å². The highest BCUT2D eigenvalue weighted by Gasteiger charge is 1.91. The minimum absolute atomic E-state index is 0.690. The zero-order valence-corrected chi connectivity index (χ0v) is 8.39. The van der Waals surface area contributed by atoms with Gasteiger partial charge in [0.1, 0.15) is 0 Å². The van der Waals surface area contributed by atoms with E-state index in [1.54, 1.807) is 0 Å². The predicted molar refractivity (Wildman–Crippen MR) is 56.6 cm³/mol. The highest BCUT2D eigenvalue weighted by atomic mass is 32.2. The van der Waals surface area contributed by atoms with Crippen LogP contribution in [0.25, 0.3) is 0 Å². The Morgan fingerprint density at radius 3 is 2.62 bits per heavy atom. The molecule has 1 nitrogen and oxygen atoms in total. The molecule has 0 heterocycles. The van der Waals surface area contributed by atoms with Crippen LogP contribution < -0.4 is 0 Å². The SMILES string of the molecule is N#CCCCCSc1ccccc1. The first-order chi connectivity index (χ1) is 6.43. The summed E-state index contributed by atoms with van der Waals surface area (Å²) in [5.41, 5.74) is 0. The zero-order valence-electron chi connectivity index (χ0n) is 7.57. The number of nitriles is 1. The molecule has 0 spiro atoms. The second-order valence-electron chi connectivity index (χ2n) is 2.78. The van der Waals surface area contributed by atoms with Crippen molar-refractivity contribution in [3.05, 3.63) is 30.3 Å². The summed E-state index contributed by atoms with van der Waals surface area (Å²) >= 11 is 1.86. The Morgan fingerprint density at radius 1 is 1.15 bits per heavy atom. The van der Waals surface area contributed by atoms with E-state index in [1.165, 1.54) is 4.90 Å². The van der Waals surface area contributed by atoms with Crippen molar-refractivity contribution in [3.8, 4) is 6.07 Å². The maximum absolute atomic E-state index is 8.33. The van der Waals surface area contributed by atoms with Crippen molar-refractivity contribution in [2.45, 2.75) is 24.2 Å². The zero-order chi connectivity index (χ0) is 9.36. The fraction of sp³-hybridized carbons (Fsp3) is 0.364. The molecule has 1 rings (SSSR count). The van der Waals surface area contributed by atoms with Crippen LogP contribution in [-0.4, -0.2) is 5.75 Å². The molecule has 0 aliphatic rings. The molecule has 0 aliphatic carbocycles. The number of hydrogen-bond donors (Lipinski definition) is 0. The number of hydrogen-bond acceptors (Lipinski definition) is 2. The largest absolute Gasteiger partial charge is 0.198 e. The lowest BCUT2D eigenvalue weighted by Crippen LogP contribution is -1.79. The van der Waals surface area contributed by atoms with Gasteiger partial charge in [-0.1, -0.05) is 18.2 Å². The van der Waals surface area contributed by atoms with Gasteiger partial charge in [0, 0.05) is 11.3 Å². The van der Waals surface area contributed by atoms with Crippen LogP contribution in [0.5, 0.6) is 0 Å². The Kier molecular flexibility index (Phi) is 5.12. The van der Waals surface area contributed by atoms with Crippen LogP contribution in [0.15, 0.2) is 35.2 Å². The lowest BCUT2D eigenvalue weighted by Gasteiger charge is -1.98. The summed E-state index contributed by atoms with van der Waals surface area (Å²) in [5, 5.41) is 8.33. The standard InChI is InChI=1S/C11H13NS/c12-9-5-2-6-10-13-11-7-3-1-4-8-11/h1,3-4,7-8H,2,5-6,10H2. The third-order valence-corrected chi connectivity index (χ3v) is 2.79. The van der Waals surface area contributed by atoms with Gasteiger partial charge in [-0.2, -0.15) is 5.26 Å². The van der Waals surface area contributed by atoms with Crippen LogP contribution in [0.1, 0.15) is 19.3 Å². The summed E-state index contributed by atoms with van der Waals surface area (Å²) in [7, 11) is 0. The minimum Gasteiger partial charge on any atom is -0.198 e. The first kappa shape index (κ1) is 10.1. The van der Waals surface area contributed by atoms with E-state index >= 15 is 0 Å². The summed E-state index contributed by atoms with van der Waals surface area (Å²) in [6, 6.07) is 12.5. The number of unbranched alkanes of at least 4 members (excludes halogenated alkanes) is 2. The molecule has 2 heteroatoms. The van der Waals surface area contributed by atoms with E-state index in [0.29, 0.717) is 6.42 Å². The molecule has 0 radical (unpaired) electrons. The second kappa shape index (κ2) is 6.56. The van der Waals surface area contributed by atoms with Crippen molar-refractivity contribution < 1.29 is 0 Å². The van der Waals surface area contributed by atoms with E-state index < -0.39 is 0 Å². The van der Waals surface area contributed by atoms with Crippen molar-refractivity contribution in [1.29, 1.82) is 5.26 Å². The molecule has 13 heavy (non-hydrogen) atoms. The third-order valence-electron chi connectivity index (χ3n) is 1.69. The van der Waals surface area contributed by atoms with E-state index in [2.05, 4.69) is 30.3 Å². The monoisotopic (exact) mass is 191 g/mol. The van der Waals surface area contributed by atoms with Gasteiger partial charge in [-0.3, -0.25) is 0 Å². The number of nitrogens with zero attached hydrogens (tertiary/aromatic N) is 1. The lowest BCUT2D eigenvalue weighted by molar-refractivity contribution is 0.830. The molecule has 0 amide bonds. The molecule has 0 aliphatic heterocycles. The highest BCUT2D eigenvalue weighted by molar-refractivity contribution is 7.99. The quantitative estimate of drug-likeness (QED) is 0.525. The second-order valence-corrected chi connectivity index (χ2v) is 3.95. The van der Waals surface area contributed by atoms with Crippen LogP contribution in [0.4, 0.5) is 0 Å². The molecule has 0 unspecified atom stereocenters. The van der Waals surface area contributed by atoms with Crippen molar-refractivity contribution in [2.75, 3.05) is 5.75 Å². The maximum atomic E-state index is 8.33. The van der Waals surface area contributed by atoms with Gasteiger partial charge >= 0.3 is 0 Å². The van der Waals surface area contributed by atoms with Gasteiger partial charge in [0.2, 0.25) is 0 Å². The fourth-order valence-electron chi connectivity index (χ4n) is 1.01. The molecule has 0 saturated carbocycles. The normalized spacial score (nSPS) is 9.46. The Labute approximate surface area is 83.8 Å². The first-order valence-corrected chi connectivity index (χ1v) is 5.47. The summed E-state index contributed by atoms with van der Waals surface area (Å²) in [4.78, 5) is 1.32. The lowest BCUT2D eigenvalue weighted by atomic mass is 10.3. The van der Waals surface area contributed by atoms with Crippen molar-refractivity contribution >= 4 is 11.8 Å². The number of benzene rings is 1. The van der Waals surface area contributed by atoms with Gasteiger partial charge in [0.15, 0.2) is 0 Å². The Bertz CT molecular complexity index is 263. The van der Waals surface area contributed by atoms with Gasteiger partial charge in [0.25, 0.3) is 0 Å². The molecule has 1 aromatic carbocycles. The molecule has 0 bridgehead atoms. The van der Waals surface area contributed by atoms with E-state index in [4.69, 9.17) is 5.26 Å². The van der Waals surface area contributed by atoms with Gasteiger partial charge in [-0.15, -0.1) is 11.8 Å². The minimum atomic E-state index is 0.690. The number of rotatable bonds is 5. The molecular formula is C11H13NS. The average Bonchev–Trinajstić information content (AvgIpc) is 2.19. The Balaban J connectivity index is 2.11. The molecule has 0 N–H and O–H groups in total. The van der Waals surface area contributed by atoms with E-state index in [0.717, 1.165) is 18.6 Å². The van der Waals surface area contributed by atoms with Crippen molar-refractivity contribution in [2.24, 2.45) is 0 Å².